The molecule has 1 aromatic heterocycles. The highest BCUT2D eigenvalue weighted by molar-refractivity contribution is 7.17. The Labute approximate surface area is 204 Å². The van der Waals surface area contributed by atoms with Crippen LogP contribution in [0.1, 0.15) is 52.0 Å². The number of thiophene rings is 1. The van der Waals surface area contributed by atoms with Gasteiger partial charge in [0.15, 0.2) is 5.78 Å². The first kappa shape index (κ1) is 23.2. The molecule has 2 aliphatic carbocycles. The van der Waals surface area contributed by atoms with Crippen molar-refractivity contribution in [3.05, 3.63) is 51.9 Å². The van der Waals surface area contributed by atoms with Crippen LogP contribution in [0.4, 0.5) is 5.00 Å². The van der Waals surface area contributed by atoms with Crippen LogP contribution in [0.5, 0.6) is 0 Å². The summed E-state index contributed by atoms with van der Waals surface area (Å²) in [5.74, 6) is 0.0139. The molecule has 1 aliphatic heterocycles. The maximum atomic E-state index is 13.4. The van der Waals surface area contributed by atoms with Crippen molar-refractivity contribution in [1.29, 1.82) is 0 Å². The molecule has 8 heteroatoms. The normalized spacial score (nSPS) is 18.8. The van der Waals surface area contributed by atoms with E-state index in [1.165, 1.54) is 4.88 Å². The van der Waals surface area contributed by atoms with Crippen molar-refractivity contribution < 1.29 is 14.4 Å². The van der Waals surface area contributed by atoms with Gasteiger partial charge in [-0.2, -0.15) is 0 Å². The van der Waals surface area contributed by atoms with Crippen molar-refractivity contribution in [3.63, 3.8) is 0 Å². The molecule has 2 N–H and O–H groups in total. The van der Waals surface area contributed by atoms with Crippen LogP contribution < -0.4 is 10.6 Å². The number of nitrogens with one attached hydrogen (secondary N) is 2. The number of fused-ring (bicyclic) bond motifs is 1. The van der Waals surface area contributed by atoms with Crippen molar-refractivity contribution in [2.75, 3.05) is 44.6 Å². The van der Waals surface area contributed by atoms with Gasteiger partial charge >= 0.3 is 0 Å². The molecule has 7 nitrogen and oxygen atoms in total. The zero-order valence-electron chi connectivity index (χ0n) is 19.5. The van der Waals surface area contributed by atoms with E-state index in [4.69, 9.17) is 0 Å². The number of anilines is 1. The average Bonchev–Trinajstić information content (AvgIpc) is 3.58. The summed E-state index contributed by atoms with van der Waals surface area (Å²) in [6, 6.07) is 9.72. The number of nitrogens with zero attached hydrogens (tertiary/aromatic N) is 2. The Balaban J connectivity index is 1.20. The number of carbonyl (C=O) groups is 3. The summed E-state index contributed by atoms with van der Waals surface area (Å²) in [6.45, 7) is 3.78. The molecule has 3 aliphatic rings. The van der Waals surface area contributed by atoms with Gasteiger partial charge < -0.3 is 10.6 Å². The maximum absolute atomic E-state index is 13.4. The van der Waals surface area contributed by atoms with E-state index in [2.05, 4.69) is 20.4 Å². The fourth-order valence-corrected chi connectivity index (χ4v) is 6.11. The van der Waals surface area contributed by atoms with E-state index >= 15 is 0 Å². The lowest BCUT2D eigenvalue weighted by atomic mass is 9.92. The Bertz CT molecular complexity index is 1060. The highest BCUT2D eigenvalue weighted by Crippen LogP contribution is 2.39. The van der Waals surface area contributed by atoms with Gasteiger partial charge in [-0.05, 0) is 44.1 Å². The second-order valence-electron chi connectivity index (χ2n) is 9.55. The van der Waals surface area contributed by atoms with Crippen molar-refractivity contribution in [1.82, 2.24) is 15.1 Å². The number of hydrogen-bond donors (Lipinski definition) is 2. The summed E-state index contributed by atoms with van der Waals surface area (Å²) in [5.41, 5.74) is 2.47. The van der Waals surface area contributed by atoms with E-state index in [1.807, 2.05) is 30.3 Å². The zero-order chi connectivity index (χ0) is 23.5. The first-order valence-corrected chi connectivity index (χ1v) is 13.2. The van der Waals surface area contributed by atoms with Crippen LogP contribution in [-0.4, -0.2) is 72.7 Å². The summed E-state index contributed by atoms with van der Waals surface area (Å²) >= 11 is 1.57. The molecule has 2 aromatic rings. The van der Waals surface area contributed by atoms with Gasteiger partial charge in [0.2, 0.25) is 11.8 Å². The van der Waals surface area contributed by atoms with Gasteiger partial charge in [0.1, 0.15) is 5.00 Å². The van der Waals surface area contributed by atoms with Gasteiger partial charge in [0.25, 0.3) is 0 Å². The molecule has 1 aromatic carbocycles. The monoisotopic (exact) mass is 480 g/mol. The maximum Gasteiger partial charge on any atom is 0.239 e. The van der Waals surface area contributed by atoms with Gasteiger partial charge in [-0.3, -0.25) is 24.2 Å². The molecule has 34 heavy (non-hydrogen) atoms. The van der Waals surface area contributed by atoms with Crippen LogP contribution >= 0.6 is 11.3 Å². The summed E-state index contributed by atoms with van der Waals surface area (Å²) < 4.78 is 0. The fourth-order valence-electron chi connectivity index (χ4n) is 4.81. The van der Waals surface area contributed by atoms with E-state index in [0.717, 1.165) is 70.3 Å². The molecule has 5 rings (SSSR count). The molecule has 0 radical (unpaired) electrons. The number of aryl methyl sites for hydroxylation is 1. The molecule has 2 heterocycles. The average molecular weight is 481 g/mol. The zero-order valence-corrected chi connectivity index (χ0v) is 20.3. The lowest BCUT2D eigenvalue weighted by molar-refractivity contribution is -0.123. The van der Waals surface area contributed by atoms with Crippen LogP contribution in [0.2, 0.25) is 0 Å². The van der Waals surface area contributed by atoms with Gasteiger partial charge in [0, 0.05) is 42.7 Å². The lowest BCUT2D eigenvalue weighted by Crippen LogP contribution is -2.51. The van der Waals surface area contributed by atoms with Crippen molar-refractivity contribution in [3.8, 4) is 0 Å². The molecule has 0 unspecified atom stereocenters. The van der Waals surface area contributed by atoms with Crippen molar-refractivity contribution in [2.24, 2.45) is 0 Å². The fraction of sp³-hybridized carbons (Fsp3) is 0.500. The minimum Gasteiger partial charge on any atom is -0.352 e. The Kier molecular flexibility index (Phi) is 7.08. The minimum atomic E-state index is -0.0827. The number of hydrogen-bond acceptors (Lipinski definition) is 6. The largest absolute Gasteiger partial charge is 0.352 e. The van der Waals surface area contributed by atoms with Gasteiger partial charge in [0.05, 0.1) is 18.7 Å². The molecule has 0 atom stereocenters. The highest BCUT2D eigenvalue weighted by atomic mass is 32.1. The predicted molar refractivity (Wildman–Crippen MR) is 134 cm³/mol. The molecule has 0 bridgehead atoms. The summed E-state index contributed by atoms with van der Waals surface area (Å²) in [4.78, 5) is 43.9. The SMILES string of the molecule is O=C(CN1CCN(CC(=O)NC2CC2)CC1)Nc1sc2c(c1C(=O)c1ccccc1)CCCC2. The second kappa shape index (κ2) is 10.4. The minimum absolute atomic E-state index is 0.00612. The first-order chi connectivity index (χ1) is 16.6. The number of carbonyl (C=O) groups excluding carboxylic acids is 3. The lowest BCUT2D eigenvalue weighted by Gasteiger charge is -2.33. The molecule has 1 saturated heterocycles. The summed E-state index contributed by atoms with van der Waals surface area (Å²) in [6.07, 6.45) is 6.27. The van der Waals surface area contributed by atoms with Crippen LogP contribution in [-0.2, 0) is 22.4 Å². The predicted octanol–water partition coefficient (Wildman–Crippen LogP) is 2.69. The highest BCUT2D eigenvalue weighted by Gasteiger charge is 2.28. The Morgan fingerprint density at radius 2 is 1.53 bits per heavy atom. The molecule has 1 saturated carbocycles. The number of ketones is 1. The smallest absolute Gasteiger partial charge is 0.239 e. The summed E-state index contributed by atoms with van der Waals surface area (Å²) in [7, 11) is 0. The number of rotatable bonds is 8. The van der Waals surface area contributed by atoms with Crippen LogP contribution in [0.3, 0.4) is 0 Å². The van der Waals surface area contributed by atoms with E-state index < -0.39 is 0 Å². The molecular weight excluding hydrogens is 448 g/mol. The van der Waals surface area contributed by atoms with E-state index in [-0.39, 0.29) is 17.6 Å². The Morgan fingerprint density at radius 1 is 0.882 bits per heavy atom. The van der Waals surface area contributed by atoms with E-state index in [9.17, 15) is 14.4 Å². The van der Waals surface area contributed by atoms with Gasteiger partial charge in [-0.1, -0.05) is 30.3 Å². The van der Waals surface area contributed by atoms with E-state index in [0.29, 0.717) is 35.3 Å². The third-order valence-corrected chi connectivity index (χ3v) is 8.04. The molecular formula is C26H32N4O3S. The summed E-state index contributed by atoms with van der Waals surface area (Å²) in [5, 5.41) is 6.81. The van der Waals surface area contributed by atoms with Crippen LogP contribution in [0.25, 0.3) is 0 Å². The number of piperazine rings is 1. The van der Waals surface area contributed by atoms with E-state index in [1.54, 1.807) is 11.3 Å². The van der Waals surface area contributed by atoms with Gasteiger partial charge in [-0.25, -0.2) is 0 Å². The quantitative estimate of drug-likeness (QED) is 0.568. The number of amides is 2. The number of benzene rings is 1. The molecule has 2 fully saturated rings. The Morgan fingerprint density at radius 3 is 2.21 bits per heavy atom. The second-order valence-corrected chi connectivity index (χ2v) is 10.7. The van der Waals surface area contributed by atoms with Crippen LogP contribution in [0.15, 0.2) is 30.3 Å². The third kappa shape index (κ3) is 5.56. The Hall–Kier alpha value is -2.55. The third-order valence-electron chi connectivity index (χ3n) is 6.83. The molecule has 180 valence electrons. The van der Waals surface area contributed by atoms with Crippen LogP contribution in [0, 0.1) is 0 Å². The standard InChI is InChI=1S/C26H32N4O3S/c31-22(27-19-10-11-19)16-29-12-14-30(15-13-29)17-23(32)28-26-24(20-8-4-5-9-21(20)34-26)25(33)18-6-2-1-3-7-18/h1-3,6-7,19H,4-5,8-17H2,(H,27,31)(H,28,32). The molecule has 2 amide bonds. The van der Waals surface area contributed by atoms with Crippen molar-refractivity contribution >= 4 is 33.9 Å². The van der Waals surface area contributed by atoms with Gasteiger partial charge in [-0.15, -0.1) is 11.3 Å². The topological polar surface area (TPSA) is 81.8 Å². The first-order valence-electron chi connectivity index (χ1n) is 12.3. The molecule has 0 spiro atoms. The van der Waals surface area contributed by atoms with Crippen molar-refractivity contribution in [2.45, 2.75) is 44.6 Å².